The zero-order valence-electron chi connectivity index (χ0n) is 10.7. The summed E-state index contributed by atoms with van der Waals surface area (Å²) in [6, 6.07) is 9.87. The minimum atomic E-state index is 0.652. The summed E-state index contributed by atoms with van der Waals surface area (Å²) in [7, 11) is 0. The number of ether oxygens (including phenoxy) is 1. The molecule has 1 heterocycles. The molecule has 0 amide bonds. The van der Waals surface area contributed by atoms with Gasteiger partial charge in [-0.05, 0) is 18.7 Å². The third kappa shape index (κ3) is 3.60. The van der Waals surface area contributed by atoms with Gasteiger partial charge in [0.05, 0.1) is 13.1 Å². The Morgan fingerprint density at radius 2 is 2.11 bits per heavy atom. The molecule has 0 atom stereocenters. The van der Waals surface area contributed by atoms with E-state index in [1.54, 1.807) is 0 Å². The Morgan fingerprint density at radius 3 is 2.89 bits per heavy atom. The number of hydrogen-bond acceptors (Lipinski definition) is 3. The lowest BCUT2D eigenvalue weighted by atomic mass is 10.3. The van der Waals surface area contributed by atoms with Crippen LogP contribution in [0.5, 0.6) is 5.75 Å². The van der Waals surface area contributed by atoms with Gasteiger partial charge in [0.25, 0.3) is 0 Å². The highest BCUT2D eigenvalue weighted by Gasteiger charge is 2.01. The van der Waals surface area contributed by atoms with E-state index in [1.807, 2.05) is 42.7 Å². The predicted molar refractivity (Wildman–Crippen MR) is 71.5 cm³/mol. The first-order chi connectivity index (χ1) is 8.90. The van der Waals surface area contributed by atoms with Gasteiger partial charge in [-0.25, -0.2) is 4.98 Å². The fourth-order valence-corrected chi connectivity index (χ4v) is 1.73. The monoisotopic (exact) mass is 245 g/mol. The Balaban J connectivity index is 1.81. The van der Waals surface area contributed by atoms with Crippen molar-refractivity contribution in [2.75, 3.05) is 13.2 Å². The molecule has 0 unspecified atom stereocenters. The van der Waals surface area contributed by atoms with E-state index in [0.29, 0.717) is 6.61 Å². The Hall–Kier alpha value is -1.81. The standard InChI is InChI=1S/C14H19N3O/c1-2-15-12-14-16-8-9-17(14)10-11-18-13-6-4-3-5-7-13/h3-9,15H,2,10-12H2,1H3. The van der Waals surface area contributed by atoms with E-state index in [-0.39, 0.29) is 0 Å². The Bertz CT molecular complexity index is 453. The van der Waals surface area contributed by atoms with Gasteiger partial charge in [0.2, 0.25) is 0 Å². The lowest BCUT2D eigenvalue weighted by Gasteiger charge is -2.09. The topological polar surface area (TPSA) is 39.1 Å². The van der Waals surface area contributed by atoms with Crippen LogP contribution in [0.3, 0.4) is 0 Å². The minimum Gasteiger partial charge on any atom is -0.492 e. The Kier molecular flexibility index (Phi) is 4.78. The summed E-state index contributed by atoms with van der Waals surface area (Å²) in [6.07, 6.45) is 3.82. The second-order valence-electron chi connectivity index (χ2n) is 3.98. The fourth-order valence-electron chi connectivity index (χ4n) is 1.73. The van der Waals surface area contributed by atoms with E-state index in [0.717, 1.165) is 31.2 Å². The summed E-state index contributed by atoms with van der Waals surface area (Å²) in [6.45, 7) is 5.31. The third-order valence-corrected chi connectivity index (χ3v) is 2.68. The molecule has 0 aliphatic heterocycles. The van der Waals surface area contributed by atoms with Crippen molar-refractivity contribution in [3.8, 4) is 5.75 Å². The van der Waals surface area contributed by atoms with Gasteiger partial charge >= 0.3 is 0 Å². The van der Waals surface area contributed by atoms with Crippen LogP contribution in [0.2, 0.25) is 0 Å². The number of benzene rings is 1. The van der Waals surface area contributed by atoms with Crippen molar-refractivity contribution in [3.63, 3.8) is 0 Å². The summed E-state index contributed by atoms with van der Waals surface area (Å²) >= 11 is 0. The molecule has 0 bridgehead atoms. The average molecular weight is 245 g/mol. The van der Waals surface area contributed by atoms with Crippen molar-refractivity contribution < 1.29 is 4.74 Å². The van der Waals surface area contributed by atoms with Crippen molar-refractivity contribution in [2.24, 2.45) is 0 Å². The summed E-state index contributed by atoms with van der Waals surface area (Å²) in [5.74, 6) is 1.96. The quantitative estimate of drug-likeness (QED) is 0.811. The largest absolute Gasteiger partial charge is 0.492 e. The van der Waals surface area contributed by atoms with Crippen LogP contribution < -0.4 is 10.1 Å². The van der Waals surface area contributed by atoms with Crippen molar-refractivity contribution in [2.45, 2.75) is 20.0 Å². The summed E-state index contributed by atoms with van der Waals surface area (Å²) < 4.78 is 7.79. The van der Waals surface area contributed by atoms with Crippen LogP contribution in [-0.4, -0.2) is 22.7 Å². The van der Waals surface area contributed by atoms with Crippen molar-refractivity contribution in [1.29, 1.82) is 0 Å². The van der Waals surface area contributed by atoms with E-state index < -0.39 is 0 Å². The molecule has 2 aromatic rings. The lowest BCUT2D eigenvalue weighted by molar-refractivity contribution is 0.296. The van der Waals surface area contributed by atoms with Crippen LogP contribution in [0, 0.1) is 0 Å². The average Bonchev–Trinajstić information content (AvgIpc) is 2.85. The van der Waals surface area contributed by atoms with Gasteiger partial charge in [-0.15, -0.1) is 0 Å². The first-order valence-electron chi connectivity index (χ1n) is 6.28. The molecule has 4 heteroatoms. The summed E-state index contributed by atoms with van der Waals surface area (Å²) in [4.78, 5) is 4.32. The molecule has 1 aromatic carbocycles. The molecule has 0 fully saturated rings. The van der Waals surface area contributed by atoms with Crippen molar-refractivity contribution in [3.05, 3.63) is 48.5 Å². The normalized spacial score (nSPS) is 10.5. The van der Waals surface area contributed by atoms with E-state index in [1.165, 1.54) is 0 Å². The molecule has 0 radical (unpaired) electrons. The second-order valence-corrected chi connectivity index (χ2v) is 3.98. The smallest absolute Gasteiger partial charge is 0.122 e. The van der Waals surface area contributed by atoms with Crippen LogP contribution in [0.15, 0.2) is 42.7 Å². The fraction of sp³-hybridized carbons (Fsp3) is 0.357. The summed E-state index contributed by atoms with van der Waals surface area (Å²) in [5.41, 5.74) is 0. The van der Waals surface area contributed by atoms with Gasteiger partial charge in [0.15, 0.2) is 0 Å². The van der Waals surface area contributed by atoms with Gasteiger partial charge in [-0.1, -0.05) is 25.1 Å². The summed E-state index contributed by atoms with van der Waals surface area (Å²) in [5, 5.41) is 3.28. The molecular formula is C14H19N3O. The minimum absolute atomic E-state index is 0.652. The van der Waals surface area contributed by atoms with Crippen LogP contribution >= 0.6 is 0 Å². The molecule has 0 spiro atoms. The maximum Gasteiger partial charge on any atom is 0.122 e. The first-order valence-corrected chi connectivity index (χ1v) is 6.28. The zero-order valence-corrected chi connectivity index (χ0v) is 10.7. The molecule has 18 heavy (non-hydrogen) atoms. The van der Waals surface area contributed by atoms with E-state index in [9.17, 15) is 0 Å². The number of nitrogens with one attached hydrogen (secondary N) is 1. The molecule has 1 N–H and O–H groups in total. The highest BCUT2D eigenvalue weighted by molar-refractivity contribution is 5.20. The Morgan fingerprint density at radius 1 is 1.28 bits per heavy atom. The van der Waals surface area contributed by atoms with Crippen LogP contribution in [0.1, 0.15) is 12.7 Å². The molecule has 0 aliphatic rings. The number of aromatic nitrogens is 2. The van der Waals surface area contributed by atoms with Gasteiger partial charge in [-0.3, -0.25) is 0 Å². The molecule has 0 saturated carbocycles. The maximum atomic E-state index is 5.67. The number of rotatable bonds is 7. The van der Waals surface area contributed by atoms with E-state index >= 15 is 0 Å². The number of para-hydroxylation sites is 1. The molecule has 0 aliphatic carbocycles. The maximum absolute atomic E-state index is 5.67. The van der Waals surface area contributed by atoms with Gasteiger partial charge in [-0.2, -0.15) is 0 Å². The number of hydrogen-bond donors (Lipinski definition) is 1. The predicted octanol–water partition coefficient (Wildman–Crippen LogP) is 2.07. The highest BCUT2D eigenvalue weighted by Crippen LogP contribution is 2.08. The third-order valence-electron chi connectivity index (χ3n) is 2.68. The zero-order chi connectivity index (χ0) is 12.6. The van der Waals surface area contributed by atoms with Crippen molar-refractivity contribution >= 4 is 0 Å². The first kappa shape index (κ1) is 12.6. The number of nitrogens with zero attached hydrogens (tertiary/aromatic N) is 2. The van der Waals surface area contributed by atoms with E-state index in [4.69, 9.17) is 4.74 Å². The van der Waals surface area contributed by atoms with Crippen LogP contribution in [0.4, 0.5) is 0 Å². The van der Waals surface area contributed by atoms with Gasteiger partial charge in [0.1, 0.15) is 18.2 Å². The SMILES string of the molecule is CCNCc1nccn1CCOc1ccccc1. The van der Waals surface area contributed by atoms with Crippen molar-refractivity contribution in [1.82, 2.24) is 14.9 Å². The van der Waals surface area contributed by atoms with Gasteiger partial charge in [0, 0.05) is 12.4 Å². The van der Waals surface area contributed by atoms with Gasteiger partial charge < -0.3 is 14.6 Å². The highest BCUT2D eigenvalue weighted by atomic mass is 16.5. The Labute approximate surface area is 108 Å². The lowest BCUT2D eigenvalue weighted by Crippen LogP contribution is -2.18. The molecule has 4 nitrogen and oxygen atoms in total. The van der Waals surface area contributed by atoms with E-state index in [2.05, 4.69) is 21.8 Å². The van der Waals surface area contributed by atoms with Crippen LogP contribution in [0.25, 0.3) is 0 Å². The molecule has 96 valence electrons. The van der Waals surface area contributed by atoms with Crippen LogP contribution in [-0.2, 0) is 13.1 Å². The molecule has 2 rings (SSSR count). The molecule has 1 aromatic heterocycles. The molecular weight excluding hydrogens is 226 g/mol. The second kappa shape index (κ2) is 6.81. The number of imidazole rings is 1. The molecule has 0 saturated heterocycles.